The highest BCUT2D eigenvalue weighted by Crippen LogP contribution is 2.32. The highest BCUT2D eigenvalue weighted by Gasteiger charge is 2.13. The van der Waals surface area contributed by atoms with E-state index >= 15 is 0 Å². The molecule has 2 N–H and O–H groups in total. The van der Waals surface area contributed by atoms with E-state index in [1.54, 1.807) is 0 Å². The van der Waals surface area contributed by atoms with E-state index in [9.17, 15) is 5.11 Å². The normalized spacial score (nSPS) is 14.3. The van der Waals surface area contributed by atoms with E-state index in [0.29, 0.717) is 18.5 Å². The number of benzene rings is 1. The van der Waals surface area contributed by atoms with Crippen LogP contribution < -0.4 is 10.1 Å². The Kier molecular flexibility index (Phi) is 7.50. The van der Waals surface area contributed by atoms with Gasteiger partial charge in [-0.1, -0.05) is 32.4 Å². The van der Waals surface area contributed by atoms with Crippen LogP contribution in [0.1, 0.15) is 51.2 Å². The van der Waals surface area contributed by atoms with Gasteiger partial charge in [0.15, 0.2) is 0 Å². The Bertz CT molecular complexity index is 449. The van der Waals surface area contributed by atoms with E-state index in [1.807, 2.05) is 19.1 Å². The molecule has 0 aliphatic carbocycles. The Morgan fingerprint density at radius 1 is 1.29 bits per heavy atom. The van der Waals surface area contributed by atoms with Crippen molar-refractivity contribution in [3.63, 3.8) is 0 Å². The molecule has 2 atom stereocenters. The minimum absolute atomic E-state index is 0.282. The lowest BCUT2D eigenvalue weighted by atomic mass is 10.0. The molecule has 0 saturated heterocycles. The van der Waals surface area contributed by atoms with Crippen LogP contribution >= 0.6 is 11.6 Å². The van der Waals surface area contributed by atoms with Crippen molar-refractivity contribution in [2.24, 2.45) is 0 Å². The average Bonchev–Trinajstić information content (AvgIpc) is 2.45. The Labute approximate surface area is 133 Å². The summed E-state index contributed by atoms with van der Waals surface area (Å²) in [7, 11) is 0. The molecule has 1 aromatic carbocycles. The molecule has 0 aliphatic heterocycles. The van der Waals surface area contributed by atoms with Crippen molar-refractivity contribution < 1.29 is 9.84 Å². The van der Waals surface area contributed by atoms with Gasteiger partial charge in [-0.25, -0.2) is 0 Å². The van der Waals surface area contributed by atoms with Crippen LogP contribution in [0.15, 0.2) is 12.1 Å². The molecule has 21 heavy (non-hydrogen) atoms. The molecule has 0 radical (unpaired) electrons. The molecule has 0 aromatic heterocycles. The average molecular weight is 314 g/mol. The number of aryl methyl sites for hydroxylation is 1. The van der Waals surface area contributed by atoms with Crippen molar-refractivity contribution in [3.8, 4) is 5.75 Å². The second-order valence-corrected chi connectivity index (χ2v) is 6.38. The van der Waals surface area contributed by atoms with E-state index in [1.165, 1.54) is 0 Å². The van der Waals surface area contributed by atoms with Crippen LogP contribution in [0.2, 0.25) is 5.02 Å². The van der Waals surface area contributed by atoms with E-state index in [-0.39, 0.29) is 6.61 Å². The topological polar surface area (TPSA) is 41.5 Å². The van der Waals surface area contributed by atoms with Crippen molar-refractivity contribution in [2.45, 2.75) is 59.1 Å². The summed E-state index contributed by atoms with van der Waals surface area (Å²) >= 11 is 6.18. The number of nitrogens with one attached hydrogen (secondary N) is 1. The Morgan fingerprint density at radius 2 is 1.95 bits per heavy atom. The monoisotopic (exact) mass is 313 g/mol. The van der Waals surface area contributed by atoms with Gasteiger partial charge < -0.3 is 15.2 Å². The number of ether oxygens (including phenoxy) is 1. The second-order valence-electron chi connectivity index (χ2n) is 5.98. The lowest BCUT2D eigenvalue weighted by molar-refractivity contribution is 0.103. The molecular weight excluding hydrogens is 286 g/mol. The summed E-state index contributed by atoms with van der Waals surface area (Å²) in [5.74, 6) is 1.14. The minimum Gasteiger partial charge on any atom is -0.491 e. The lowest BCUT2D eigenvalue weighted by Gasteiger charge is -2.19. The molecule has 3 nitrogen and oxygen atoms in total. The Balaban J connectivity index is 2.64. The van der Waals surface area contributed by atoms with Crippen molar-refractivity contribution in [1.29, 1.82) is 0 Å². The maximum atomic E-state index is 9.99. The number of halogens is 1. The first-order valence-corrected chi connectivity index (χ1v) is 8.07. The summed E-state index contributed by atoms with van der Waals surface area (Å²) in [5.41, 5.74) is 2.07. The Morgan fingerprint density at radius 3 is 2.52 bits per heavy atom. The lowest BCUT2D eigenvalue weighted by Crippen LogP contribution is -2.36. The summed E-state index contributed by atoms with van der Waals surface area (Å²) in [6.07, 6.45) is 0.525. The maximum Gasteiger partial charge on any atom is 0.123 e. The quantitative estimate of drug-likeness (QED) is 0.765. The van der Waals surface area contributed by atoms with Gasteiger partial charge in [-0.05, 0) is 49.4 Å². The fraction of sp³-hybridized carbons (Fsp3) is 0.647. The first-order chi connectivity index (χ1) is 9.85. The van der Waals surface area contributed by atoms with Crippen LogP contribution in [-0.2, 0) is 0 Å². The molecule has 0 bridgehead atoms. The molecule has 0 spiro atoms. The van der Waals surface area contributed by atoms with E-state index < -0.39 is 6.10 Å². The number of hydrogen-bond acceptors (Lipinski definition) is 3. The summed E-state index contributed by atoms with van der Waals surface area (Å²) < 4.78 is 5.81. The molecule has 1 aromatic rings. The number of aliphatic hydroxyl groups is 1. The second kappa shape index (κ2) is 8.62. The highest BCUT2D eigenvalue weighted by atomic mass is 35.5. The van der Waals surface area contributed by atoms with Crippen molar-refractivity contribution >= 4 is 11.6 Å². The summed E-state index contributed by atoms with van der Waals surface area (Å²) in [5, 5.41) is 14.0. The molecule has 0 amide bonds. The van der Waals surface area contributed by atoms with Crippen molar-refractivity contribution in [2.75, 3.05) is 13.2 Å². The third-order valence-electron chi connectivity index (χ3n) is 3.66. The molecule has 1 rings (SSSR count). The summed E-state index contributed by atoms with van der Waals surface area (Å²) in [4.78, 5) is 0. The van der Waals surface area contributed by atoms with Crippen molar-refractivity contribution in [1.82, 2.24) is 5.32 Å². The highest BCUT2D eigenvalue weighted by molar-refractivity contribution is 6.31. The van der Waals surface area contributed by atoms with Crippen LogP contribution in [0, 0.1) is 6.92 Å². The third-order valence-corrected chi connectivity index (χ3v) is 4.07. The predicted octanol–water partition coefficient (Wildman–Crippen LogP) is 3.90. The SMILES string of the molecule is CC[C@H](C)NC[C@H](O)COc1cc(C)c(Cl)cc1C(C)C. The molecule has 4 heteroatoms. The van der Waals surface area contributed by atoms with Crippen LogP contribution in [0.25, 0.3) is 0 Å². The van der Waals surface area contributed by atoms with Gasteiger partial charge >= 0.3 is 0 Å². The zero-order valence-corrected chi connectivity index (χ0v) is 14.5. The molecule has 120 valence electrons. The predicted molar refractivity (Wildman–Crippen MR) is 89.5 cm³/mol. The van der Waals surface area contributed by atoms with Gasteiger partial charge in [0.1, 0.15) is 18.5 Å². The molecule has 0 heterocycles. The zero-order chi connectivity index (χ0) is 16.0. The van der Waals surface area contributed by atoms with E-state index in [2.05, 4.69) is 33.0 Å². The standard InChI is InChI=1S/C17H28ClNO2/c1-6-13(5)19-9-14(20)10-21-17-7-12(4)16(18)8-15(17)11(2)3/h7-8,11,13-14,19-20H,6,9-10H2,1-5H3/t13-,14-/m0/s1. The van der Waals surface area contributed by atoms with E-state index in [0.717, 1.165) is 28.3 Å². The fourth-order valence-electron chi connectivity index (χ4n) is 1.97. The van der Waals surface area contributed by atoms with Gasteiger partial charge in [-0.3, -0.25) is 0 Å². The molecular formula is C17H28ClNO2. The first kappa shape index (κ1) is 18.3. The summed E-state index contributed by atoms with van der Waals surface area (Å²) in [6, 6.07) is 4.32. The maximum absolute atomic E-state index is 9.99. The smallest absolute Gasteiger partial charge is 0.123 e. The van der Waals surface area contributed by atoms with Crippen LogP contribution in [-0.4, -0.2) is 30.4 Å². The van der Waals surface area contributed by atoms with E-state index in [4.69, 9.17) is 16.3 Å². The molecule has 0 aliphatic rings. The van der Waals surface area contributed by atoms with Crippen LogP contribution in [0.5, 0.6) is 5.75 Å². The molecule has 0 fully saturated rings. The first-order valence-electron chi connectivity index (χ1n) is 7.69. The number of rotatable bonds is 8. The van der Waals surface area contributed by atoms with Crippen LogP contribution in [0.4, 0.5) is 0 Å². The minimum atomic E-state index is -0.519. The van der Waals surface area contributed by atoms with Crippen LogP contribution in [0.3, 0.4) is 0 Å². The largest absolute Gasteiger partial charge is 0.491 e. The number of hydrogen-bond donors (Lipinski definition) is 2. The van der Waals surface area contributed by atoms with Crippen molar-refractivity contribution in [3.05, 3.63) is 28.3 Å². The van der Waals surface area contributed by atoms with Gasteiger partial charge in [-0.2, -0.15) is 0 Å². The third kappa shape index (κ3) is 5.85. The van der Waals surface area contributed by atoms with Gasteiger partial charge in [0.05, 0.1) is 0 Å². The van der Waals surface area contributed by atoms with Gasteiger partial charge in [-0.15, -0.1) is 0 Å². The molecule has 0 saturated carbocycles. The number of aliphatic hydroxyl groups excluding tert-OH is 1. The van der Waals surface area contributed by atoms with Gasteiger partial charge in [0.25, 0.3) is 0 Å². The van der Waals surface area contributed by atoms with Gasteiger partial charge in [0, 0.05) is 17.6 Å². The van der Waals surface area contributed by atoms with Gasteiger partial charge in [0.2, 0.25) is 0 Å². The summed E-state index contributed by atoms with van der Waals surface area (Å²) in [6.45, 7) is 11.2. The fourth-order valence-corrected chi connectivity index (χ4v) is 2.15. The zero-order valence-electron chi connectivity index (χ0n) is 13.7. The Hall–Kier alpha value is -0.770. The molecule has 0 unspecified atom stereocenters.